The van der Waals surface area contributed by atoms with Crippen molar-refractivity contribution in [2.75, 3.05) is 6.54 Å². The fraction of sp³-hybridized carbons (Fsp3) is 0.545. The van der Waals surface area contributed by atoms with Crippen LogP contribution in [0.25, 0.3) is 0 Å². The average Bonchev–Trinajstić information content (AvgIpc) is 2.57. The number of guanidine groups is 1. The summed E-state index contributed by atoms with van der Waals surface area (Å²) in [5, 5.41) is 0. The molecular formula is C11H17N5. The first-order chi connectivity index (χ1) is 7.55. The van der Waals surface area contributed by atoms with Crippen LogP contribution in [-0.2, 0) is 5.54 Å². The van der Waals surface area contributed by atoms with Gasteiger partial charge in [-0.05, 0) is 20.8 Å². The Kier molecular flexibility index (Phi) is 2.53. The van der Waals surface area contributed by atoms with Crippen LogP contribution in [-0.4, -0.2) is 33.4 Å². The van der Waals surface area contributed by atoms with Crippen LogP contribution >= 0.6 is 0 Å². The summed E-state index contributed by atoms with van der Waals surface area (Å²) < 4.78 is 0. The number of aliphatic imine (C=N–C) groups is 1. The summed E-state index contributed by atoms with van der Waals surface area (Å²) in [7, 11) is 0. The van der Waals surface area contributed by atoms with E-state index >= 15 is 0 Å². The second-order valence-corrected chi connectivity index (χ2v) is 4.50. The lowest BCUT2D eigenvalue weighted by atomic mass is 9.96. The van der Waals surface area contributed by atoms with Crippen molar-refractivity contribution >= 4 is 5.96 Å². The van der Waals surface area contributed by atoms with Gasteiger partial charge >= 0.3 is 0 Å². The number of nitrogens with zero attached hydrogens (tertiary/aromatic N) is 4. The van der Waals surface area contributed by atoms with Gasteiger partial charge < -0.3 is 10.6 Å². The summed E-state index contributed by atoms with van der Waals surface area (Å²) >= 11 is 0. The topological polar surface area (TPSA) is 67.4 Å². The van der Waals surface area contributed by atoms with E-state index in [1.54, 1.807) is 18.6 Å². The fourth-order valence-electron chi connectivity index (χ4n) is 2.26. The van der Waals surface area contributed by atoms with Crippen molar-refractivity contribution in [3.05, 3.63) is 24.3 Å². The molecule has 0 amide bonds. The van der Waals surface area contributed by atoms with Gasteiger partial charge in [-0.3, -0.25) is 15.0 Å². The molecule has 1 aromatic heterocycles. The van der Waals surface area contributed by atoms with Gasteiger partial charge in [0.1, 0.15) is 5.54 Å². The van der Waals surface area contributed by atoms with Crippen LogP contribution in [0.5, 0.6) is 0 Å². The fourth-order valence-corrected chi connectivity index (χ4v) is 2.26. The Morgan fingerprint density at radius 3 is 2.75 bits per heavy atom. The molecule has 0 aliphatic carbocycles. The normalized spacial score (nSPS) is 25.0. The summed E-state index contributed by atoms with van der Waals surface area (Å²) in [5.41, 5.74) is 6.56. The number of aromatic nitrogens is 2. The van der Waals surface area contributed by atoms with Crippen molar-refractivity contribution in [1.82, 2.24) is 14.9 Å². The predicted octanol–water partition coefficient (Wildman–Crippen LogP) is 0.730. The van der Waals surface area contributed by atoms with Gasteiger partial charge in [-0.15, -0.1) is 0 Å². The third-order valence-electron chi connectivity index (χ3n) is 2.96. The van der Waals surface area contributed by atoms with Gasteiger partial charge in [0.2, 0.25) is 0 Å². The first-order valence-corrected chi connectivity index (χ1v) is 5.41. The summed E-state index contributed by atoms with van der Waals surface area (Å²) in [4.78, 5) is 14.9. The maximum Gasteiger partial charge on any atom is 0.192 e. The highest BCUT2D eigenvalue weighted by Gasteiger charge is 2.42. The zero-order valence-corrected chi connectivity index (χ0v) is 9.88. The molecule has 0 radical (unpaired) electrons. The van der Waals surface area contributed by atoms with Gasteiger partial charge in [0.15, 0.2) is 5.96 Å². The summed E-state index contributed by atoms with van der Waals surface area (Å²) in [6.07, 6.45) is 5.16. The van der Waals surface area contributed by atoms with E-state index in [-0.39, 0.29) is 5.54 Å². The van der Waals surface area contributed by atoms with Crippen molar-refractivity contribution in [2.24, 2.45) is 10.7 Å². The van der Waals surface area contributed by atoms with Gasteiger partial charge in [0.05, 0.1) is 18.4 Å². The second kappa shape index (κ2) is 3.73. The molecule has 0 spiro atoms. The molecule has 0 aromatic carbocycles. The van der Waals surface area contributed by atoms with Crippen molar-refractivity contribution in [3.8, 4) is 0 Å². The van der Waals surface area contributed by atoms with E-state index in [4.69, 9.17) is 5.73 Å². The zero-order chi connectivity index (χ0) is 11.8. The minimum Gasteiger partial charge on any atom is -0.370 e. The molecule has 16 heavy (non-hydrogen) atoms. The van der Waals surface area contributed by atoms with Gasteiger partial charge in [0.25, 0.3) is 0 Å². The van der Waals surface area contributed by atoms with Gasteiger partial charge in [-0.25, -0.2) is 0 Å². The van der Waals surface area contributed by atoms with E-state index in [0.717, 1.165) is 5.69 Å². The molecule has 0 saturated heterocycles. The van der Waals surface area contributed by atoms with Crippen LogP contribution in [0.2, 0.25) is 0 Å². The van der Waals surface area contributed by atoms with Crippen LogP contribution < -0.4 is 5.73 Å². The van der Waals surface area contributed by atoms with Crippen molar-refractivity contribution in [2.45, 2.75) is 32.4 Å². The quantitative estimate of drug-likeness (QED) is 0.796. The van der Waals surface area contributed by atoms with Crippen LogP contribution in [0, 0.1) is 0 Å². The smallest absolute Gasteiger partial charge is 0.192 e. The van der Waals surface area contributed by atoms with E-state index in [1.807, 2.05) is 0 Å². The molecule has 2 rings (SSSR count). The molecule has 1 aliphatic heterocycles. The van der Waals surface area contributed by atoms with E-state index in [9.17, 15) is 0 Å². The first kappa shape index (κ1) is 10.9. The van der Waals surface area contributed by atoms with Crippen LogP contribution in [0.1, 0.15) is 26.5 Å². The highest BCUT2D eigenvalue weighted by molar-refractivity contribution is 5.81. The summed E-state index contributed by atoms with van der Waals surface area (Å²) in [6.45, 7) is 6.93. The molecule has 2 N–H and O–H groups in total. The van der Waals surface area contributed by atoms with E-state index in [2.05, 4.69) is 40.6 Å². The Labute approximate surface area is 95.4 Å². The molecule has 1 unspecified atom stereocenters. The number of rotatable bonds is 2. The minimum atomic E-state index is -0.271. The van der Waals surface area contributed by atoms with E-state index in [0.29, 0.717) is 18.5 Å². The third kappa shape index (κ3) is 1.52. The molecular weight excluding hydrogens is 202 g/mol. The Morgan fingerprint density at radius 2 is 2.19 bits per heavy atom. The standard InChI is InChI=1S/C11H17N5/c1-8(2)16-10(12)15-7-11(16,3)9-6-13-4-5-14-9/h4-6,8H,7H2,1-3H3,(H2,12,15). The Morgan fingerprint density at radius 1 is 1.44 bits per heavy atom. The molecule has 5 nitrogen and oxygen atoms in total. The van der Waals surface area contributed by atoms with E-state index in [1.165, 1.54) is 0 Å². The lowest BCUT2D eigenvalue weighted by molar-refractivity contribution is 0.179. The minimum absolute atomic E-state index is 0.271. The average molecular weight is 219 g/mol. The molecule has 2 heterocycles. The lowest BCUT2D eigenvalue weighted by Gasteiger charge is -2.38. The van der Waals surface area contributed by atoms with Crippen molar-refractivity contribution in [3.63, 3.8) is 0 Å². The zero-order valence-electron chi connectivity index (χ0n) is 9.88. The molecule has 1 atom stereocenters. The highest BCUT2D eigenvalue weighted by Crippen LogP contribution is 2.32. The Balaban J connectivity index is 2.40. The molecule has 1 aliphatic rings. The second-order valence-electron chi connectivity index (χ2n) is 4.50. The Hall–Kier alpha value is -1.65. The van der Waals surface area contributed by atoms with Crippen LogP contribution in [0.4, 0.5) is 0 Å². The molecule has 86 valence electrons. The predicted molar refractivity (Wildman–Crippen MR) is 62.8 cm³/mol. The number of hydrogen-bond donors (Lipinski definition) is 1. The first-order valence-electron chi connectivity index (χ1n) is 5.41. The third-order valence-corrected chi connectivity index (χ3v) is 2.96. The van der Waals surface area contributed by atoms with E-state index < -0.39 is 0 Å². The number of nitrogens with two attached hydrogens (primary N) is 1. The number of hydrogen-bond acceptors (Lipinski definition) is 5. The van der Waals surface area contributed by atoms with Crippen LogP contribution in [0.3, 0.4) is 0 Å². The van der Waals surface area contributed by atoms with Crippen molar-refractivity contribution in [1.29, 1.82) is 0 Å². The lowest BCUT2D eigenvalue weighted by Crippen LogP contribution is -2.51. The highest BCUT2D eigenvalue weighted by atomic mass is 15.4. The molecule has 1 aromatic rings. The summed E-state index contributed by atoms with van der Waals surface area (Å²) in [6, 6.07) is 0.290. The van der Waals surface area contributed by atoms with Crippen molar-refractivity contribution < 1.29 is 0 Å². The molecule has 0 fully saturated rings. The van der Waals surface area contributed by atoms with Gasteiger partial charge in [0, 0.05) is 18.4 Å². The molecule has 0 bridgehead atoms. The summed E-state index contributed by atoms with van der Waals surface area (Å²) in [5.74, 6) is 0.586. The van der Waals surface area contributed by atoms with Gasteiger partial charge in [-0.1, -0.05) is 0 Å². The SMILES string of the molecule is CC(C)N1C(N)=NCC1(C)c1cnccn1. The maximum absolute atomic E-state index is 5.92. The monoisotopic (exact) mass is 219 g/mol. The molecule has 0 saturated carbocycles. The Bertz CT molecular complexity index is 400. The maximum atomic E-state index is 5.92. The van der Waals surface area contributed by atoms with Gasteiger partial charge in [-0.2, -0.15) is 0 Å². The largest absolute Gasteiger partial charge is 0.370 e. The van der Waals surface area contributed by atoms with Crippen LogP contribution in [0.15, 0.2) is 23.6 Å². The molecule has 5 heteroatoms.